The van der Waals surface area contributed by atoms with Crippen LogP contribution in [0.4, 0.5) is 5.69 Å². The summed E-state index contributed by atoms with van der Waals surface area (Å²) in [5.41, 5.74) is 1.71. The van der Waals surface area contributed by atoms with Crippen molar-refractivity contribution in [1.82, 2.24) is 14.8 Å². The summed E-state index contributed by atoms with van der Waals surface area (Å²) in [6.45, 7) is 9.00. The number of nitrogens with one attached hydrogen (secondary N) is 1. The molecule has 0 aliphatic carbocycles. The van der Waals surface area contributed by atoms with Crippen molar-refractivity contribution >= 4 is 34.7 Å². The normalized spacial score (nSPS) is 10.7. The summed E-state index contributed by atoms with van der Waals surface area (Å²) in [7, 11) is 0. The number of rotatable bonds is 10. The van der Waals surface area contributed by atoms with Gasteiger partial charge in [0.25, 0.3) is 0 Å². The highest BCUT2D eigenvalue weighted by atomic mass is 32.2. The molecule has 1 N–H and O–H groups in total. The van der Waals surface area contributed by atoms with Crippen molar-refractivity contribution in [1.29, 1.82) is 0 Å². The Hall–Kier alpha value is -2.58. The van der Waals surface area contributed by atoms with Gasteiger partial charge in [-0.1, -0.05) is 36.9 Å². The fraction of sp³-hybridized carbons (Fsp3) is 0.286. The van der Waals surface area contributed by atoms with Crippen LogP contribution in [0.5, 0.6) is 5.75 Å². The number of allylic oxidation sites excluding steroid dienone is 1. The zero-order valence-electron chi connectivity index (χ0n) is 16.6. The third-order valence-electron chi connectivity index (χ3n) is 4.08. The average molecular weight is 429 g/mol. The lowest BCUT2D eigenvalue weighted by Crippen LogP contribution is -2.15. The molecule has 3 rings (SSSR count). The molecular formula is C21H24N4O2S2. The van der Waals surface area contributed by atoms with Gasteiger partial charge in [0.2, 0.25) is 5.91 Å². The summed E-state index contributed by atoms with van der Waals surface area (Å²) in [4.78, 5) is 13.8. The molecule has 3 aromatic rings. The van der Waals surface area contributed by atoms with Gasteiger partial charge in [0.15, 0.2) is 11.0 Å². The molecule has 6 nitrogen and oxygen atoms in total. The first-order valence-electron chi connectivity index (χ1n) is 9.42. The number of para-hydroxylation sites is 2. The van der Waals surface area contributed by atoms with Crippen molar-refractivity contribution in [3.63, 3.8) is 0 Å². The molecule has 0 bridgehead atoms. The highest BCUT2D eigenvalue weighted by Gasteiger charge is 2.16. The van der Waals surface area contributed by atoms with Crippen LogP contribution in [0.3, 0.4) is 0 Å². The van der Waals surface area contributed by atoms with E-state index in [9.17, 15) is 4.79 Å². The molecule has 0 aliphatic rings. The highest BCUT2D eigenvalue weighted by Crippen LogP contribution is 2.29. The van der Waals surface area contributed by atoms with E-state index in [1.807, 2.05) is 41.8 Å². The van der Waals surface area contributed by atoms with Gasteiger partial charge in [-0.3, -0.25) is 9.36 Å². The number of thioether (sulfide) groups is 1. The van der Waals surface area contributed by atoms with E-state index in [-0.39, 0.29) is 11.7 Å². The van der Waals surface area contributed by atoms with E-state index >= 15 is 0 Å². The van der Waals surface area contributed by atoms with Crippen LogP contribution in [-0.4, -0.2) is 33.0 Å². The van der Waals surface area contributed by atoms with Crippen molar-refractivity contribution in [2.45, 2.75) is 32.0 Å². The van der Waals surface area contributed by atoms with E-state index in [1.165, 1.54) is 16.6 Å². The monoisotopic (exact) mass is 428 g/mol. The molecule has 29 heavy (non-hydrogen) atoms. The molecule has 2 heterocycles. The predicted molar refractivity (Wildman–Crippen MR) is 120 cm³/mol. The number of hydrogen-bond acceptors (Lipinski definition) is 6. The molecule has 0 radical (unpaired) electrons. The quantitative estimate of drug-likeness (QED) is 0.368. The molecule has 1 aromatic carbocycles. The molecular weight excluding hydrogens is 404 g/mol. The Morgan fingerprint density at radius 3 is 2.90 bits per heavy atom. The van der Waals surface area contributed by atoms with Crippen molar-refractivity contribution in [2.75, 3.05) is 17.7 Å². The molecule has 0 fully saturated rings. The van der Waals surface area contributed by atoms with E-state index in [2.05, 4.69) is 40.5 Å². The van der Waals surface area contributed by atoms with Crippen LogP contribution in [0.15, 0.2) is 53.5 Å². The number of amides is 1. The van der Waals surface area contributed by atoms with E-state index in [4.69, 9.17) is 4.74 Å². The van der Waals surface area contributed by atoms with Gasteiger partial charge in [0, 0.05) is 22.4 Å². The Morgan fingerprint density at radius 1 is 1.34 bits per heavy atom. The summed E-state index contributed by atoms with van der Waals surface area (Å²) in [5, 5.41) is 14.3. The smallest absolute Gasteiger partial charge is 0.234 e. The molecule has 0 aliphatic heterocycles. The second-order valence-electron chi connectivity index (χ2n) is 6.13. The van der Waals surface area contributed by atoms with E-state index in [0.29, 0.717) is 29.7 Å². The first-order valence-corrected chi connectivity index (χ1v) is 11.3. The number of ether oxygens (including phenoxy) is 1. The Morgan fingerprint density at radius 2 is 2.17 bits per heavy atom. The van der Waals surface area contributed by atoms with Gasteiger partial charge in [0.05, 0.1) is 18.0 Å². The minimum absolute atomic E-state index is 0.124. The Balaban J connectivity index is 1.70. The Bertz CT molecular complexity index is 981. The first-order chi connectivity index (χ1) is 14.2. The lowest BCUT2D eigenvalue weighted by Gasteiger charge is -2.11. The zero-order chi connectivity index (χ0) is 20.6. The molecule has 0 saturated carbocycles. The summed E-state index contributed by atoms with van der Waals surface area (Å²) >= 11 is 3.07. The summed E-state index contributed by atoms with van der Waals surface area (Å²) < 4.78 is 7.54. The maximum Gasteiger partial charge on any atom is 0.234 e. The summed E-state index contributed by atoms with van der Waals surface area (Å²) in [6.07, 6.45) is 2.80. The lowest BCUT2D eigenvalue weighted by molar-refractivity contribution is -0.113. The van der Waals surface area contributed by atoms with Crippen molar-refractivity contribution in [3.8, 4) is 17.1 Å². The Kier molecular flexibility index (Phi) is 7.48. The highest BCUT2D eigenvalue weighted by molar-refractivity contribution is 7.99. The fourth-order valence-corrected chi connectivity index (χ4v) is 4.31. The van der Waals surface area contributed by atoms with Gasteiger partial charge >= 0.3 is 0 Å². The third-order valence-corrected chi connectivity index (χ3v) is 6.13. The molecule has 8 heteroatoms. The maximum absolute atomic E-state index is 12.5. The Labute approximate surface area is 179 Å². The molecule has 2 aromatic heterocycles. The number of benzene rings is 1. The van der Waals surface area contributed by atoms with Crippen LogP contribution in [0.1, 0.15) is 18.7 Å². The van der Waals surface area contributed by atoms with Crippen LogP contribution in [0.25, 0.3) is 11.4 Å². The van der Waals surface area contributed by atoms with Crippen LogP contribution in [-0.2, 0) is 17.8 Å². The number of anilines is 1. The number of thiophene rings is 1. The zero-order valence-corrected chi connectivity index (χ0v) is 18.2. The average Bonchev–Trinajstić information content (AvgIpc) is 3.35. The van der Waals surface area contributed by atoms with Gasteiger partial charge in [-0.25, -0.2) is 0 Å². The maximum atomic E-state index is 12.5. The number of aromatic nitrogens is 3. The van der Waals surface area contributed by atoms with Crippen LogP contribution in [0.2, 0.25) is 0 Å². The van der Waals surface area contributed by atoms with Gasteiger partial charge in [-0.2, -0.15) is 0 Å². The number of carbonyl (C=O) groups is 1. The van der Waals surface area contributed by atoms with Crippen LogP contribution < -0.4 is 10.1 Å². The van der Waals surface area contributed by atoms with Gasteiger partial charge in [0.1, 0.15) is 5.75 Å². The first kappa shape index (κ1) is 21.1. The molecule has 0 spiro atoms. The van der Waals surface area contributed by atoms with Crippen LogP contribution >= 0.6 is 23.1 Å². The number of aryl methyl sites for hydroxylation is 1. The van der Waals surface area contributed by atoms with Crippen molar-refractivity contribution in [2.24, 2.45) is 0 Å². The molecule has 0 saturated heterocycles. The topological polar surface area (TPSA) is 69.0 Å². The van der Waals surface area contributed by atoms with E-state index in [1.54, 1.807) is 11.3 Å². The summed E-state index contributed by atoms with van der Waals surface area (Å²) in [6, 6.07) is 9.55. The predicted octanol–water partition coefficient (Wildman–Crippen LogP) is 4.88. The van der Waals surface area contributed by atoms with Gasteiger partial charge in [-0.15, -0.1) is 28.1 Å². The van der Waals surface area contributed by atoms with E-state index < -0.39 is 0 Å². The second-order valence-corrected chi connectivity index (χ2v) is 8.07. The van der Waals surface area contributed by atoms with Crippen molar-refractivity contribution < 1.29 is 9.53 Å². The number of hydrogen-bond donors (Lipinski definition) is 1. The van der Waals surface area contributed by atoms with E-state index in [0.717, 1.165) is 17.8 Å². The fourth-order valence-electron chi connectivity index (χ4n) is 2.75. The number of carbonyl (C=O) groups excluding carboxylic acids is 1. The van der Waals surface area contributed by atoms with Gasteiger partial charge < -0.3 is 10.1 Å². The molecule has 0 atom stereocenters. The standard InChI is InChI=1S/C21H24N4O2S2/c1-4-11-25-20(15-12-16(5-2)28-13-15)23-24-21(25)29-14-19(26)22-17-9-7-8-10-18(17)27-6-3/h4,7-10,12-13H,1,5-6,11,14H2,2-3H3,(H,22,26). The second kappa shape index (κ2) is 10.3. The number of nitrogens with zero attached hydrogens (tertiary/aromatic N) is 3. The minimum Gasteiger partial charge on any atom is -0.492 e. The lowest BCUT2D eigenvalue weighted by atomic mass is 10.2. The van der Waals surface area contributed by atoms with Crippen LogP contribution in [0, 0.1) is 0 Å². The van der Waals surface area contributed by atoms with Gasteiger partial charge in [-0.05, 0) is 31.5 Å². The summed E-state index contributed by atoms with van der Waals surface area (Å²) in [5.74, 6) is 1.56. The SMILES string of the molecule is C=CCn1c(SCC(=O)Nc2ccccc2OCC)nnc1-c1csc(CC)c1. The molecule has 152 valence electrons. The molecule has 1 amide bonds. The third kappa shape index (κ3) is 5.27. The minimum atomic E-state index is -0.124. The molecule has 0 unspecified atom stereocenters. The largest absolute Gasteiger partial charge is 0.492 e. The van der Waals surface area contributed by atoms with Crippen molar-refractivity contribution in [3.05, 3.63) is 53.2 Å².